The van der Waals surface area contributed by atoms with E-state index in [0.717, 1.165) is 29.4 Å². The van der Waals surface area contributed by atoms with Crippen molar-refractivity contribution in [1.29, 1.82) is 0 Å². The molecule has 8 heteroatoms. The van der Waals surface area contributed by atoms with Crippen molar-refractivity contribution in [3.8, 4) is 5.88 Å². The second-order valence-electron chi connectivity index (χ2n) is 10.3. The van der Waals surface area contributed by atoms with Gasteiger partial charge in [-0.3, -0.25) is 4.98 Å². The zero-order valence-corrected chi connectivity index (χ0v) is 21.3. The van der Waals surface area contributed by atoms with Gasteiger partial charge in [0.05, 0.1) is 29.3 Å². The number of rotatable bonds is 9. The fourth-order valence-electron chi connectivity index (χ4n) is 5.33. The third-order valence-corrected chi connectivity index (χ3v) is 7.60. The quantitative estimate of drug-likeness (QED) is 0.514. The van der Waals surface area contributed by atoms with E-state index in [9.17, 15) is 10.2 Å². The highest BCUT2D eigenvalue weighted by Gasteiger charge is 2.42. The van der Waals surface area contributed by atoms with Crippen molar-refractivity contribution in [3.63, 3.8) is 0 Å². The predicted molar refractivity (Wildman–Crippen MR) is 140 cm³/mol. The maximum atomic E-state index is 11.6. The van der Waals surface area contributed by atoms with Gasteiger partial charge in [-0.15, -0.1) is 0 Å². The number of pyridine rings is 2. The van der Waals surface area contributed by atoms with E-state index in [-0.39, 0.29) is 0 Å². The molecule has 0 saturated heterocycles. The first-order valence-corrected chi connectivity index (χ1v) is 13.0. The Hall–Kier alpha value is -3.36. The normalized spacial score (nSPS) is 25.2. The lowest BCUT2D eigenvalue weighted by molar-refractivity contribution is -0.0956. The monoisotopic (exact) mass is 505 g/mol. The third kappa shape index (κ3) is 6.14. The topological polar surface area (TPSA) is 97.2 Å². The van der Waals surface area contributed by atoms with E-state index in [1.54, 1.807) is 25.6 Å². The average Bonchev–Trinajstić information content (AvgIpc) is 2.94. The maximum Gasteiger partial charge on any atom is 0.231 e. The minimum Gasteiger partial charge on any atom is -0.481 e. The van der Waals surface area contributed by atoms with Crippen LogP contribution in [0.3, 0.4) is 0 Å². The number of ether oxygens (including phenoxy) is 3. The Bertz CT molecular complexity index is 1230. The highest BCUT2D eigenvalue weighted by Crippen LogP contribution is 2.39. The van der Waals surface area contributed by atoms with E-state index in [0.29, 0.717) is 63.4 Å². The molecule has 8 nitrogen and oxygen atoms in total. The van der Waals surface area contributed by atoms with Gasteiger partial charge in [0, 0.05) is 25.4 Å². The van der Waals surface area contributed by atoms with Gasteiger partial charge in [-0.05, 0) is 69.1 Å². The first-order valence-electron chi connectivity index (χ1n) is 13.0. The van der Waals surface area contributed by atoms with Crippen LogP contribution in [0, 0.1) is 0 Å². The summed E-state index contributed by atoms with van der Waals surface area (Å²) in [6, 6.07) is 5.66. The van der Waals surface area contributed by atoms with Crippen molar-refractivity contribution >= 4 is 11.0 Å². The predicted octanol–water partition coefficient (Wildman–Crippen LogP) is 4.50. The van der Waals surface area contributed by atoms with Gasteiger partial charge < -0.3 is 29.3 Å². The minimum absolute atomic E-state index is 0.409. The van der Waals surface area contributed by atoms with E-state index < -0.39 is 11.2 Å². The lowest BCUT2D eigenvalue weighted by Gasteiger charge is -2.44. The van der Waals surface area contributed by atoms with Crippen LogP contribution >= 0.6 is 0 Å². The Balaban J connectivity index is 1.23. The molecule has 0 aromatic carbocycles. The number of hydrogen-bond donors (Lipinski definition) is 2. The highest BCUT2D eigenvalue weighted by molar-refractivity contribution is 5.78. The Morgan fingerprint density at radius 3 is 2.65 bits per heavy atom. The van der Waals surface area contributed by atoms with Crippen molar-refractivity contribution in [1.82, 2.24) is 14.9 Å². The van der Waals surface area contributed by atoms with Crippen LogP contribution in [0.4, 0.5) is 0 Å². The lowest BCUT2D eigenvalue weighted by atomic mass is 9.73. The maximum absolute atomic E-state index is 11.6. The molecule has 2 N–H and O–H groups in total. The van der Waals surface area contributed by atoms with E-state index in [2.05, 4.69) is 28.2 Å². The van der Waals surface area contributed by atoms with Crippen molar-refractivity contribution in [3.05, 3.63) is 78.4 Å². The highest BCUT2D eigenvalue weighted by atomic mass is 16.5. The fraction of sp³-hybridized carbons (Fsp3) is 0.448. The summed E-state index contributed by atoms with van der Waals surface area (Å²) in [4.78, 5) is 11.0. The molecule has 196 valence electrons. The molecule has 5 rings (SSSR count). The summed E-state index contributed by atoms with van der Waals surface area (Å²) in [6.07, 6.45) is 18.1. The number of aromatic nitrogens is 2. The molecule has 3 aliphatic rings. The lowest BCUT2D eigenvalue weighted by Crippen LogP contribution is -2.50. The summed E-state index contributed by atoms with van der Waals surface area (Å²) >= 11 is 0. The van der Waals surface area contributed by atoms with Gasteiger partial charge in [0.15, 0.2) is 6.26 Å². The molecular formula is C29H35N3O5. The average molecular weight is 506 g/mol. The number of allylic oxidation sites excluding steroid dienone is 3. The molecule has 0 spiro atoms. The number of methoxy groups -OCH3 is 1. The van der Waals surface area contributed by atoms with Crippen molar-refractivity contribution in [2.75, 3.05) is 20.2 Å². The molecule has 0 radical (unpaired) electrons. The third-order valence-electron chi connectivity index (χ3n) is 7.60. The minimum atomic E-state index is -0.930. The molecule has 0 bridgehead atoms. The molecule has 2 aromatic heterocycles. The van der Waals surface area contributed by atoms with Gasteiger partial charge >= 0.3 is 0 Å². The number of aryl methyl sites for hydroxylation is 1. The molecule has 37 heavy (non-hydrogen) atoms. The molecule has 2 aliphatic carbocycles. The van der Waals surface area contributed by atoms with E-state index >= 15 is 0 Å². The molecule has 2 aromatic rings. The van der Waals surface area contributed by atoms with Crippen LogP contribution in [0.5, 0.6) is 5.88 Å². The number of hydrogen-bond acceptors (Lipinski definition) is 8. The van der Waals surface area contributed by atoms with Crippen molar-refractivity contribution in [2.45, 2.75) is 62.6 Å². The first-order chi connectivity index (χ1) is 18.0. The van der Waals surface area contributed by atoms with Gasteiger partial charge in [-0.2, -0.15) is 0 Å². The van der Waals surface area contributed by atoms with Crippen molar-refractivity contribution < 1.29 is 24.4 Å². The zero-order chi connectivity index (χ0) is 25.7. The Morgan fingerprint density at radius 2 is 1.92 bits per heavy atom. The number of nitrogens with zero attached hydrogens (tertiary/aromatic N) is 3. The smallest absolute Gasteiger partial charge is 0.231 e. The van der Waals surface area contributed by atoms with Gasteiger partial charge in [-0.1, -0.05) is 23.8 Å². The molecule has 0 amide bonds. The molecule has 1 fully saturated rings. The summed E-state index contributed by atoms with van der Waals surface area (Å²) in [7, 11) is 1.60. The van der Waals surface area contributed by atoms with E-state index in [1.165, 1.54) is 18.1 Å². The largest absolute Gasteiger partial charge is 0.481 e. The van der Waals surface area contributed by atoms with Gasteiger partial charge in [-0.25, -0.2) is 4.98 Å². The van der Waals surface area contributed by atoms with Crippen LogP contribution < -0.4 is 4.74 Å². The summed E-state index contributed by atoms with van der Waals surface area (Å²) in [5.41, 5.74) is 2.17. The molecule has 1 saturated carbocycles. The SMILES string of the molecule is COc1ccc2nccc(CCC3(O)CCC(O)(CN(CC4=CC=CCC4)C4=COC=CO4)CC3)c2n1. The second kappa shape index (κ2) is 10.9. The van der Waals surface area contributed by atoms with E-state index in [4.69, 9.17) is 14.2 Å². The van der Waals surface area contributed by atoms with Crippen LogP contribution in [0.15, 0.2) is 72.9 Å². The van der Waals surface area contributed by atoms with Crippen LogP contribution in [0.25, 0.3) is 11.0 Å². The van der Waals surface area contributed by atoms with Crippen LogP contribution in [-0.2, 0) is 15.9 Å². The van der Waals surface area contributed by atoms with Gasteiger partial charge in [0.2, 0.25) is 11.8 Å². The molecule has 3 heterocycles. The molecular weight excluding hydrogens is 470 g/mol. The van der Waals surface area contributed by atoms with Crippen LogP contribution in [-0.4, -0.2) is 56.5 Å². The zero-order valence-electron chi connectivity index (χ0n) is 21.3. The first kappa shape index (κ1) is 25.3. The van der Waals surface area contributed by atoms with Crippen LogP contribution in [0.1, 0.15) is 50.5 Å². The van der Waals surface area contributed by atoms with Crippen LogP contribution in [0.2, 0.25) is 0 Å². The molecule has 0 atom stereocenters. The molecule has 0 unspecified atom stereocenters. The summed E-state index contributed by atoms with van der Waals surface area (Å²) in [5.74, 6) is 1.13. The standard InChI is InChI=1S/C29H35N3O5/c1-35-25-8-7-24-27(31-25)23(10-16-30-24)9-11-28(33)12-14-29(34,15-13-28)21-32(26-20-36-17-18-37-26)19-22-5-3-2-4-6-22/h2-3,5,7-8,10,16-18,20,33-34H,4,6,9,11-15,19,21H2,1H3. The number of fused-ring (bicyclic) bond motifs is 1. The molecule has 1 aliphatic heterocycles. The summed E-state index contributed by atoms with van der Waals surface area (Å²) in [5, 5.41) is 23.0. The van der Waals surface area contributed by atoms with E-state index in [1.807, 2.05) is 17.0 Å². The van der Waals surface area contributed by atoms with Gasteiger partial charge in [0.25, 0.3) is 0 Å². The summed E-state index contributed by atoms with van der Waals surface area (Å²) < 4.78 is 16.3. The summed E-state index contributed by atoms with van der Waals surface area (Å²) in [6.45, 7) is 1.07. The fourth-order valence-corrected chi connectivity index (χ4v) is 5.33. The Kier molecular flexibility index (Phi) is 7.48. The van der Waals surface area contributed by atoms with Crippen molar-refractivity contribution in [2.24, 2.45) is 0 Å². The number of aliphatic hydroxyl groups is 2. The Labute approximate surface area is 217 Å². The Morgan fingerprint density at radius 1 is 1.08 bits per heavy atom. The second-order valence-corrected chi connectivity index (χ2v) is 10.3. The van der Waals surface area contributed by atoms with Gasteiger partial charge in [0.1, 0.15) is 12.5 Å².